The van der Waals surface area contributed by atoms with Crippen molar-refractivity contribution < 1.29 is 14.3 Å². The van der Waals surface area contributed by atoms with E-state index >= 15 is 0 Å². The van der Waals surface area contributed by atoms with E-state index in [1.165, 1.54) is 0 Å². The Morgan fingerprint density at radius 3 is 2.50 bits per heavy atom. The van der Waals surface area contributed by atoms with E-state index in [9.17, 15) is 9.59 Å². The molecule has 0 heterocycles. The largest absolute Gasteiger partial charge is 0.460 e. The maximum atomic E-state index is 11.2. The van der Waals surface area contributed by atoms with Crippen LogP contribution in [0.15, 0.2) is 0 Å². The number of hydrogen-bond acceptors (Lipinski definition) is 4. The molecule has 0 aromatic heterocycles. The Morgan fingerprint density at radius 2 is 2.00 bits per heavy atom. The lowest BCUT2D eigenvalue weighted by atomic mass is 10.2. The molecule has 0 radical (unpaired) electrons. The van der Waals surface area contributed by atoms with Crippen LogP contribution in [0, 0.1) is 0 Å². The Bertz CT molecular complexity index is 184. The van der Waals surface area contributed by atoms with Crippen molar-refractivity contribution in [1.29, 1.82) is 0 Å². The van der Waals surface area contributed by atoms with Gasteiger partial charge in [-0.25, -0.2) is 0 Å². The van der Waals surface area contributed by atoms with Gasteiger partial charge < -0.3 is 14.8 Å². The van der Waals surface area contributed by atoms with Gasteiger partial charge in [0.1, 0.15) is 11.9 Å². The lowest BCUT2D eigenvalue weighted by Gasteiger charge is -2.19. The zero-order valence-electron chi connectivity index (χ0n) is 9.13. The molecule has 0 aliphatic rings. The van der Waals surface area contributed by atoms with Crippen molar-refractivity contribution in [3.8, 4) is 0 Å². The highest BCUT2D eigenvalue weighted by molar-refractivity contribution is 5.70. The van der Waals surface area contributed by atoms with Gasteiger partial charge in [0.2, 0.25) is 0 Å². The van der Waals surface area contributed by atoms with Gasteiger partial charge in [0, 0.05) is 19.5 Å². The number of esters is 1. The molecule has 4 heteroatoms. The third-order valence-electron chi connectivity index (χ3n) is 1.36. The lowest BCUT2D eigenvalue weighted by molar-refractivity contribution is -0.154. The van der Waals surface area contributed by atoms with Crippen LogP contribution in [0.25, 0.3) is 0 Å². The molecule has 0 aliphatic carbocycles. The van der Waals surface area contributed by atoms with Crippen molar-refractivity contribution in [3.63, 3.8) is 0 Å². The van der Waals surface area contributed by atoms with E-state index in [1.807, 2.05) is 20.8 Å². The van der Waals surface area contributed by atoms with Crippen LogP contribution in [0.2, 0.25) is 0 Å². The number of aldehydes is 1. The summed E-state index contributed by atoms with van der Waals surface area (Å²) in [4.78, 5) is 21.1. The van der Waals surface area contributed by atoms with Gasteiger partial charge in [0.15, 0.2) is 0 Å². The first-order valence-electron chi connectivity index (χ1n) is 4.82. The fraction of sp³-hybridized carbons (Fsp3) is 0.800. The van der Waals surface area contributed by atoms with Crippen LogP contribution in [0.4, 0.5) is 0 Å². The normalized spacial score (nSPS) is 11.1. The zero-order valence-corrected chi connectivity index (χ0v) is 9.13. The Morgan fingerprint density at radius 1 is 1.36 bits per heavy atom. The minimum absolute atomic E-state index is 0.212. The fourth-order valence-electron chi connectivity index (χ4n) is 0.869. The average Bonchev–Trinajstić information content (AvgIpc) is 2.00. The van der Waals surface area contributed by atoms with Crippen LogP contribution in [0.3, 0.4) is 0 Å². The molecular formula is C10H19NO3. The van der Waals surface area contributed by atoms with Crippen molar-refractivity contribution in [2.75, 3.05) is 13.1 Å². The number of hydrogen-bond donors (Lipinski definition) is 1. The molecule has 0 aromatic carbocycles. The standard InChI is InChI=1S/C10H19NO3/c1-10(2,3)14-9(13)5-7-11-6-4-8-12/h8,11H,4-7H2,1-3H3. The zero-order chi connectivity index (χ0) is 11.0. The Hall–Kier alpha value is -0.900. The van der Waals surface area contributed by atoms with Crippen LogP contribution in [0.5, 0.6) is 0 Å². The minimum atomic E-state index is -0.417. The van der Waals surface area contributed by atoms with E-state index < -0.39 is 5.60 Å². The summed E-state index contributed by atoms with van der Waals surface area (Å²) in [5.74, 6) is -0.212. The van der Waals surface area contributed by atoms with Crippen molar-refractivity contribution in [2.45, 2.75) is 39.2 Å². The SMILES string of the molecule is CC(C)(C)OC(=O)CCNCCC=O. The molecule has 1 N–H and O–H groups in total. The topological polar surface area (TPSA) is 55.4 Å². The summed E-state index contributed by atoms with van der Waals surface area (Å²) >= 11 is 0. The molecule has 0 unspecified atom stereocenters. The van der Waals surface area contributed by atoms with E-state index in [2.05, 4.69) is 5.32 Å². The van der Waals surface area contributed by atoms with Gasteiger partial charge in [-0.1, -0.05) is 0 Å². The molecule has 0 saturated heterocycles. The predicted molar refractivity (Wildman–Crippen MR) is 54.0 cm³/mol. The molecule has 0 aromatic rings. The Labute approximate surface area is 85.0 Å². The fourth-order valence-corrected chi connectivity index (χ4v) is 0.869. The van der Waals surface area contributed by atoms with Crippen molar-refractivity contribution in [3.05, 3.63) is 0 Å². The molecule has 4 nitrogen and oxygen atoms in total. The molecule has 0 amide bonds. The van der Waals surface area contributed by atoms with Crippen LogP contribution in [-0.4, -0.2) is 30.9 Å². The van der Waals surface area contributed by atoms with Crippen molar-refractivity contribution in [2.24, 2.45) is 0 Å². The second kappa shape index (κ2) is 6.54. The summed E-state index contributed by atoms with van der Waals surface area (Å²) in [5, 5.41) is 2.97. The first-order valence-corrected chi connectivity index (χ1v) is 4.82. The van der Waals surface area contributed by atoms with Gasteiger partial charge >= 0.3 is 5.97 Å². The average molecular weight is 201 g/mol. The Kier molecular flexibility index (Phi) is 6.12. The molecular weight excluding hydrogens is 182 g/mol. The van der Waals surface area contributed by atoms with Crippen molar-refractivity contribution >= 4 is 12.3 Å². The molecule has 0 fully saturated rings. The lowest BCUT2D eigenvalue weighted by Crippen LogP contribution is -2.27. The summed E-state index contributed by atoms with van der Waals surface area (Å²) in [6.45, 7) is 6.69. The molecule has 0 saturated carbocycles. The number of ether oxygens (including phenoxy) is 1. The van der Waals surface area contributed by atoms with E-state index in [0.29, 0.717) is 25.9 Å². The summed E-state index contributed by atoms with van der Waals surface area (Å²) in [7, 11) is 0. The van der Waals surface area contributed by atoms with E-state index in [4.69, 9.17) is 4.74 Å². The van der Waals surface area contributed by atoms with Gasteiger partial charge in [0.05, 0.1) is 6.42 Å². The summed E-state index contributed by atoms with van der Waals surface area (Å²) in [6, 6.07) is 0. The third kappa shape index (κ3) is 9.19. The van der Waals surface area contributed by atoms with E-state index in [1.54, 1.807) is 0 Å². The predicted octanol–water partition coefficient (Wildman–Crippen LogP) is 0.897. The van der Waals surface area contributed by atoms with Gasteiger partial charge in [0.25, 0.3) is 0 Å². The molecule has 0 bridgehead atoms. The van der Waals surface area contributed by atoms with Gasteiger partial charge in [-0.15, -0.1) is 0 Å². The van der Waals surface area contributed by atoms with Crippen LogP contribution >= 0.6 is 0 Å². The van der Waals surface area contributed by atoms with Gasteiger partial charge in [-0.3, -0.25) is 4.79 Å². The molecule has 0 atom stereocenters. The maximum Gasteiger partial charge on any atom is 0.307 e. The summed E-state index contributed by atoms with van der Waals surface area (Å²) in [5.41, 5.74) is -0.417. The summed E-state index contributed by atoms with van der Waals surface area (Å²) < 4.78 is 5.10. The van der Waals surface area contributed by atoms with Gasteiger partial charge in [-0.05, 0) is 20.8 Å². The Balaban J connectivity index is 3.41. The second-order valence-corrected chi connectivity index (χ2v) is 4.04. The first-order chi connectivity index (χ1) is 6.45. The minimum Gasteiger partial charge on any atom is -0.460 e. The second-order valence-electron chi connectivity index (χ2n) is 4.04. The monoisotopic (exact) mass is 201 g/mol. The van der Waals surface area contributed by atoms with Crippen LogP contribution in [0.1, 0.15) is 33.6 Å². The number of nitrogens with one attached hydrogen (secondary N) is 1. The molecule has 0 aliphatic heterocycles. The number of carbonyl (C=O) groups is 2. The van der Waals surface area contributed by atoms with Crippen LogP contribution < -0.4 is 5.32 Å². The number of carbonyl (C=O) groups excluding carboxylic acids is 2. The first kappa shape index (κ1) is 13.1. The molecule has 14 heavy (non-hydrogen) atoms. The van der Waals surface area contributed by atoms with E-state index in [0.717, 1.165) is 6.29 Å². The quantitative estimate of drug-likeness (QED) is 0.394. The molecule has 82 valence electrons. The maximum absolute atomic E-state index is 11.2. The van der Waals surface area contributed by atoms with E-state index in [-0.39, 0.29) is 5.97 Å². The molecule has 0 rings (SSSR count). The highest BCUT2D eigenvalue weighted by Gasteiger charge is 2.15. The molecule has 0 spiro atoms. The van der Waals surface area contributed by atoms with Crippen LogP contribution in [-0.2, 0) is 14.3 Å². The van der Waals surface area contributed by atoms with Crippen molar-refractivity contribution in [1.82, 2.24) is 5.32 Å². The highest BCUT2D eigenvalue weighted by atomic mass is 16.6. The third-order valence-corrected chi connectivity index (χ3v) is 1.36. The summed E-state index contributed by atoms with van der Waals surface area (Å²) in [6.07, 6.45) is 1.67. The number of rotatable bonds is 6. The van der Waals surface area contributed by atoms with Gasteiger partial charge in [-0.2, -0.15) is 0 Å². The highest BCUT2D eigenvalue weighted by Crippen LogP contribution is 2.07. The smallest absolute Gasteiger partial charge is 0.307 e.